The maximum absolute atomic E-state index is 5.63. The number of ether oxygens (including phenoxy) is 1. The summed E-state index contributed by atoms with van der Waals surface area (Å²) in [5.41, 5.74) is 1.35. The summed E-state index contributed by atoms with van der Waals surface area (Å²) in [6.45, 7) is 2.32. The minimum Gasteiger partial charge on any atom is -0.496 e. The van der Waals surface area contributed by atoms with E-state index in [1.54, 1.807) is 7.11 Å². The van der Waals surface area contributed by atoms with Crippen molar-refractivity contribution in [2.24, 2.45) is 5.92 Å². The molecule has 0 amide bonds. The monoisotopic (exact) mass is 288 g/mol. The molecule has 116 valence electrons. The summed E-state index contributed by atoms with van der Waals surface area (Å²) in [6.07, 6.45) is 6.69. The molecule has 1 heterocycles. The quantitative estimate of drug-likeness (QED) is 0.900. The largest absolute Gasteiger partial charge is 0.496 e. The van der Waals surface area contributed by atoms with E-state index in [2.05, 4.69) is 41.5 Å². The highest BCUT2D eigenvalue weighted by atomic mass is 16.5. The summed E-state index contributed by atoms with van der Waals surface area (Å²) in [6, 6.07) is 9.81. The van der Waals surface area contributed by atoms with Crippen LogP contribution in [0.4, 0.5) is 0 Å². The predicted octanol–water partition coefficient (Wildman–Crippen LogP) is 3.22. The molecular formula is C18H28N2O. The van der Waals surface area contributed by atoms with Crippen molar-refractivity contribution < 1.29 is 4.74 Å². The van der Waals surface area contributed by atoms with Gasteiger partial charge in [0.1, 0.15) is 5.75 Å². The molecule has 1 aliphatic heterocycles. The van der Waals surface area contributed by atoms with E-state index in [0.717, 1.165) is 18.3 Å². The summed E-state index contributed by atoms with van der Waals surface area (Å²) in [4.78, 5) is 2.53. The molecule has 2 unspecified atom stereocenters. The average Bonchev–Trinajstić information content (AvgIpc) is 3.33. The van der Waals surface area contributed by atoms with Crippen molar-refractivity contribution in [2.45, 2.75) is 44.2 Å². The van der Waals surface area contributed by atoms with Crippen LogP contribution in [-0.4, -0.2) is 38.2 Å². The van der Waals surface area contributed by atoms with Crippen molar-refractivity contribution in [1.82, 2.24) is 10.2 Å². The van der Waals surface area contributed by atoms with Crippen molar-refractivity contribution in [2.75, 3.05) is 27.2 Å². The number of nitrogens with one attached hydrogen (secondary N) is 1. The lowest BCUT2D eigenvalue weighted by Crippen LogP contribution is -2.35. The Balaban J connectivity index is 1.83. The Bertz CT molecular complexity index is 458. The van der Waals surface area contributed by atoms with Crippen LogP contribution in [0.1, 0.15) is 43.7 Å². The van der Waals surface area contributed by atoms with Crippen molar-refractivity contribution in [3.05, 3.63) is 29.8 Å². The van der Waals surface area contributed by atoms with E-state index < -0.39 is 0 Å². The van der Waals surface area contributed by atoms with E-state index in [-0.39, 0.29) is 0 Å². The first-order valence-electron chi connectivity index (χ1n) is 8.36. The molecule has 21 heavy (non-hydrogen) atoms. The van der Waals surface area contributed by atoms with Crippen molar-refractivity contribution >= 4 is 0 Å². The summed E-state index contributed by atoms with van der Waals surface area (Å²) in [5, 5.41) is 3.74. The summed E-state index contributed by atoms with van der Waals surface area (Å²) < 4.78 is 5.63. The zero-order chi connectivity index (χ0) is 14.7. The fourth-order valence-electron chi connectivity index (χ4n) is 3.65. The van der Waals surface area contributed by atoms with Crippen LogP contribution in [0.15, 0.2) is 24.3 Å². The van der Waals surface area contributed by atoms with Gasteiger partial charge in [-0.3, -0.25) is 4.90 Å². The molecule has 3 heteroatoms. The molecule has 1 aromatic rings. The first-order valence-corrected chi connectivity index (χ1v) is 8.36. The Kier molecular flexibility index (Phi) is 4.81. The van der Waals surface area contributed by atoms with Gasteiger partial charge in [-0.05, 0) is 51.3 Å². The molecule has 1 N–H and O–H groups in total. The minimum absolute atomic E-state index is 0.467. The van der Waals surface area contributed by atoms with Crippen LogP contribution in [0.25, 0.3) is 0 Å². The Morgan fingerprint density at radius 1 is 1.19 bits per heavy atom. The molecule has 1 aromatic carbocycles. The Morgan fingerprint density at radius 3 is 2.76 bits per heavy atom. The van der Waals surface area contributed by atoms with Gasteiger partial charge in [0.05, 0.1) is 7.11 Å². The van der Waals surface area contributed by atoms with Gasteiger partial charge in [-0.2, -0.15) is 0 Å². The van der Waals surface area contributed by atoms with Crippen LogP contribution >= 0.6 is 0 Å². The average molecular weight is 288 g/mol. The Labute approximate surface area is 128 Å². The standard InChI is InChI=1S/C18H28N2O/c1-20-12-6-5-7-14(13-19-15-10-11-15)18(20)16-8-3-4-9-17(16)21-2/h3-4,8-9,14-15,18-19H,5-7,10-13H2,1-2H3. The van der Waals surface area contributed by atoms with Crippen LogP contribution in [0.5, 0.6) is 5.75 Å². The SMILES string of the molecule is COc1ccccc1C1C(CNC2CC2)CCCCN1C. The highest BCUT2D eigenvalue weighted by molar-refractivity contribution is 5.36. The molecule has 0 bridgehead atoms. The van der Waals surface area contributed by atoms with E-state index in [4.69, 9.17) is 4.74 Å². The molecule has 0 spiro atoms. The van der Waals surface area contributed by atoms with Gasteiger partial charge in [0.15, 0.2) is 0 Å². The third kappa shape index (κ3) is 3.58. The molecule has 3 rings (SSSR count). The van der Waals surface area contributed by atoms with Crippen LogP contribution in [0, 0.1) is 5.92 Å². The molecule has 3 nitrogen and oxygen atoms in total. The molecule has 2 atom stereocenters. The number of likely N-dealkylation sites (tertiary alicyclic amines) is 1. The fourth-order valence-corrected chi connectivity index (χ4v) is 3.65. The molecule has 1 saturated heterocycles. The molecule has 0 aromatic heterocycles. The number of para-hydroxylation sites is 1. The van der Waals surface area contributed by atoms with Crippen LogP contribution in [-0.2, 0) is 0 Å². The fraction of sp³-hybridized carbons (Fsp3) is 0.667. The van der Waals surface area contributed by atoms with E-state index in [1.807, 2.05) is 0 Å². The third-order valence-electron chi connectivity index (χ3n) is 4.96. The number of benzene rings is 1. The van der Waals surface area contributed by atoms with Crippen LogP contribution in [0.3, 0.4) is 0 Å². The normalized spacial score (nSPS) is 27.3. The number of rotatable bonds is 5. The van der Waals surface area contributed by atoms with E-state index in [0.29, 0.717) is 12.0 Å². The lowest BCUT2D eigenvalue weighted by molar-refractivity contribution is 0.184. The topological polar surface area (TPSA) is 24.5 Å². The van der Waals surface area contributed by atoms with Crippen molar-refractivity contribution in [1.29, 1.82) is 0 Å². The van der Waals surface area contributed by atoms with Gasteiger partial charge >= 0.3 is 0 Å². The first-order chi connectivity index (χ1) is 10.3. The van der Waals surface area contributed by atoms with E-state index in [1.165, 1.54) is 44.2 Å². The van der Waals surface area contributed by atoms with Gasteiger partial charge in [0.2, 0.25) is 0 Å². The van der Waals surface area contributed by atoms with Gasteiger partial charge in [-0.15, -0.1) is 0 Å². The summed E-state index contributed by atoms with van der Waals surface area (Å²) in [7, 11) is 4.06. The lowest BCUT2D eigenvalue weighted by atomic mass is 9.88. The highest BCUT2D eigenvalue weighted by Crippen LogP contribution is 2.38. The molecule has 2 aliphatic rings. The first kappa shape index (κ1) is 14.9. The van der Waals surface area contributed by atoms with Gasteiger partial charge in [-0.25, -0.2) is 0 Å². The zero-order valence-corrected chi connectivity index (χ0v) is 13.3. The smallest absolute Gasteiger partial charge is 0.123 e. The summed E-state index contributed by atoms with van der Waals surface area (Å²) >= 11 is 0. The molecular weight excluding hydrogens is 260 g/mol. The Morgan fingerprint density at radius 2 is 2.00 bits per heavy atom. The van der Waals surface area contributed by atoms with E-state index in [9.17, 15) is 0 Å². The van der Waals surface area contributed by atoms with Crippen LogP contribution < -0.4 is 10.1 Å². The van der Waals surface area contributed by atoms with Crippen molar-refractivity contribution in [3.63, 3.8) is 0 Å². The second-order valence-electron chi connectivity index (χ2n) is 6.61. The highest BCUT2D eigenvalue weighted by Gasteiger charge is 2.32. The van der Waals surface area contributed by atoms with E-state index >= 15 is 0 Å². The lowest BCUT2D eigenvalue weighted by Gasteiger charge is -2.34. The summed E-state index contributed by atoms with van der Waals surface area (Å²) in [5.74, 6) is 1.71. The van der Waals surface area contributed by atoms with Gasteiger partial charge in [-0.1, -0.05) is 24.6 Å². The zero-order valence-electron chi connectivity index (χ0n) is 13.3. The molecule has 2 fully saturated rings. The van der Waals surface area contributed by atoms with Gasteiger partial charge in [0, 0.05) is 24.2 Å². The number of hydrogen-bond acceptors (Lipinski definition) is 3. The third-order valence-corrected chi connectivity index (χ3v) is 4.96. The predicted molar refractivity (Wildman–Crippen MR) is 86.7 cm³/mol. The second-order valence-corrected chi connectivity index (χ2v) is 6.61. The minimum atomic E-state index is 0.467. The molecule has 1 aliphatic carbocycles. The number of methoxy groups -OCH3 is 1. The van der Waals surface area contributed by atoms with Gasteiger partial charge in [0.25, 0.3) is 0 Å². The Hall–Kier alpha value is -1.06. The van der Waals surface area contributed by atoms with Crippen LogP contribution in [0.2, 0.25) is 0 Å². The van der Waals surface area contributed by atoms with Gasteiger partial charge < -0.3 is 10.1 Å². The molecule has 0 radical (unpaired) electrons. The number of nitrogens with zero attached hydrogens (tertiary/aromatic N) is 1. The number of hydrogen-bond donors (Lipinski definition) is 1. The molecule has 1 saturated carbocycles. The maximum Gasteiger partial charge on any atom is 0.123 e. The maximum atomic E-state index is 5.63. The van der Waals surface area contributed by atoms with Crippen molar-refractivity contribution in [3.8, 4) is 5.75 Å². The second kappa shape index (κ2) is 6.80.